The van der Waals surface area contributed by atoms with Crippen molar-refractivity contribution in [2.75, 3.05) is 7.11 Å². The van der Waals surface area contributed by atoms with Crippen LogP contribution in [-0.4, -0.2) is 28.8 Å². The van der Waals surface area contributed by atoms with E-state index in [9.17, 15) is 4.79 Å². The van der Waals surface area contributed by atoms with Crippen LogP contribution in [0.3, 0.4) is 0 Å². The molecule has 0 fully saturated rings. The monoisotopic (exact) mass is 302 g/mol. The van der Waals surface area contributed by atoms with Gasteiger partial charge >= 0.3 is 0 Å². The first kappa shape index (κ1) is 14.4. The highest BCUT2D eigenvalue weighted by Gasteiger charge is 2.24. The average molecular weight is 303 g/mol. The fourth-order valence-electron chi connectivity index (χ4n) is 1.76. The van der Waals surface area contributed by atoms with Crippen LogP contribution in [0.4, 0.5) is 0 Å². The molecule has 4 nitrogen and oxygen atoms in total. The Balaban J connectivity index is 2.96. The van der Waals surface area contributed by atoms with Gasteiger partial charge in [-0.2, -0.15) is 5.10 Å². The van der Waals surface area contributed by atoms with Gasteiger partial charge in [-0.15, -0.1) is 0 Å². The summed E-state index contributed by atoms with van der Waals surface area (Å²) in [5, 5.41) is 4.20. The van der Waals surface area contributed by atoms with Crippen molar-refractivity contribution in [2.45, 2.75) is 45.8 Å². The molecule has 0 radical (unpaired) electrons. The Bertz CT molecular complexity index is 377. The molecule has 0 aliphatic carbocycles. The number of hydrogen-bond acceptors (Lipinski definition) is 3. The molecule has 0 amide bonds. The molecule has 1 aromatic rings. The quantitative estimate of drug-likeness (QED) is 0.727. The summed E-state index contributed by atoms with van der Waals surface area (Å²) in [6.07, 6.45) is 3.90. The third-order valence-corrected chi connectivity index (χ3v) is 3.17. The summed E-state index contributed by atoms with van der Waals surface area (Å²) in [5.41, 5.74) is 0.618. The summed E-state index contributed by atoms with van der Waals surface area (Å²) in [7, 11) is 1.58. The zero-order chi connectivity index (χ0) is 12.8. The number of hydrogen-bond donors (Lipinski definition) is 0. The number of carbonyl (C=O) groups is 1. The molecule has 1 atom stereocenters. The SMILES string of the molecule is CCCC(OC)C(=O)c1c(Br)cnn1CCC. The number of ketones is 1. The number of Topliss-reactive ketones (excluding diaryl/α,β-unsaturated/α-hetero) is 1. The van der Waals surface area contributed by atoms with Gasteiger partial charge in [-0.1, -0.05) is 20.3 Å². The Kier molecular flexibility index (Phi) is 5.85. The van der Waals surface area contributed by atoms with Crippen LogP contribution in [0.5, 0.6) is 0 Å². The normalized spacial score (nSPS) is 12.7. The Morgan fingerprint density at radius 2 is 2.24 bits per heavy atom. The highest BCUT2D eigenvalue weighted by molar-refractivity contribution is 9.10. The predicted molar refractivity (Wildman–Crippen MR) is 70.3 cm³/mol. The smallest absolute Gasteiger partial charge is 0.210 e. The fraction of sp³-hybridized carbons (Fsp3) is 0.667. The highest BCUT2D eigenvalue weighted by atomic mass is 79.9. The molecule has 5 heteroatoms. The second kappa shape index (κ2) is 6.91. The molecule has 96 valence electrons. The third kappa shape index (κ3) is 3.39. The van der Waals surface area contributed by atoms with Gasteiger partial charge in [0.15, 0.2) is 0 Å². The van der Waals surface area contributed by atoms with Crippen molar-refractivity contribution >= 4 is 21.7 Å². The Hall–Kier alpha value is -0.680. The largest absolute Gasteiger partial charge is 0.373 e. The number of nitrogens with zero attached hydrogens (tertiary/aromatic N) is 2. The van der Waals surface area contributed by atoms with E-state index in [0.29, 0.717) is 5.69 Å². The minimum absolute atomic E-state index is 0.00664. The molecule has 0 saturated heterocycles. The van der Waals surface area contributed by atoms with Crippen LogP contribution in [-0.2, 0) is 11.3 Å². The van der Waals surface area contributed by atoms with Crippen molar-refractivity contribution in [3.8, 4) is 0 Å². The van der Waals surface area contributed by atoms with Crippen molar-refractivity contribution in [1.29, 1.82) is 0 Å². The summed E-state index contributed by atoms with van der Waals surface area (Å²) >= 11 is 3.38. The van der Waals surface area contributed by atoms with Gasteiger partial charge in [-0.25, -0.2) is 0 Å². The predicted octanol–water partition coefficient (Wildman–Crippen LogP) is 3.05. The van der Waals surface area contributed by atoms with Crippen molar-refractivity contribution in [2.24, 2.45) is 0 Å². The molecular weight excluding hydrogens is 284 g/mol. The summed E-state index contributed by atoms with van der Waals surface area (Å²) < 4.78 is 7.74. The molecule has 1 unspecified atom stereocenters. The minimum Gasteiger partial charge on any atom is -0.373 e. The number of aryl methyl sites for hydroxylation is 1. The third-order valence-electron chi connectivity index (χ3n) is 2.59. The van der Waals surface area contributed by atoms with Gasteiger partial charge in [0.25, 0.3) is 0 Å². The minimum atomic E-state index is -0.372. The van der Waals surface area contributed by atoms with Gasteiger partial charge < -0.3 is 4.74 Å². The summed E-state index contributed by atoms with van der Waals surface area (Å²) in [4.78, 5) is 12.3. The van der Waals surface area contributed by atoms with Crippen LogP contribution in [0.2, 0.25) is 0 Å². The van der Waals surface area contributed by atoms with E-state index in [-0.39, 0.29) is 11.9 Å². The Morgan fingerprint density at radius 1 is 1.53 bits per heavy atom. The summed E-state index contributed by atoms with van der Waals surface area (Å²) in [5.74, 6) is 0.00664. The molecule has 0 bridgehead atoms. The van der Waals surface area contributed by atoms with Gasteiger partial charge in [-0.05, 0) is 28.8 Å². The van der Waals surface area contributed by atoms with E-state index < -0.39 is 0 Å². The number of methoxy groups -OCH3 is 1. The lowest BCUT2D eigenvalue weighted by atomic mass is 10.1. The van der Waals surface area contributed by atoms with Crippen LogP contribution in [0, 0.1) is 0 Å². The van der Waals surface area contributed by atoms with Crippen molar-refractivity contribution in [1.82, 2.24) is 9.78 Å². The molecule has 17 heavy (non-hydrogen) atoms. The lowest BCUT2D eigenvalue weighted by molar-refractivity contribution is 0.0567. The van der Waals surface area contributed by atoms with Crippen LogP contribution < -0.4 is 0 Å². The van der Waals surface area contributed by atoms with Crippen LogP contribution >= 0.6 is 15.9 Å². The number of ether oxygens (including phenoxy) is 1. The van der Waals surface area contributed by atoms with Gasteiger partial charge in [0, 0.05) is 13.7 Å². The molecule has 1 heterocycles. The van der Waals surface area contributed by atoms with Crippen molar-refractivity contribution in [3.05, 3.63) is 16.4 Å². The van der Waals surface area contributed by atoms with E-state index >= 15 is 0 Å². The average Bonchev–Trinajstić information content (AvgIpc) is 2.67. The molecule has 1 rings (SSSR count). The lowest BCUT2D eigenvalue weighted by Crippen LogP contribution is -2.26. The maximum absolute atomic E-state index is 12.3. The topological polar surface area (TPSA) is 44.1 Å². The highest BCUT2D eigenvalue weighted by Crippen LogP contribution is 2.20. The molecule has 0 aromatic carbocycles. The van der Waals surface area contributed by atoms with Crippen LogP contribution in [0.25, 0.3) is 0 Å². The lowest BCUT2D eigenvalue weighted by Gasteiger charge is -2.14. The fourth-order valence-corrected chi connectivity index (χ4v) is 2.25. The number of rotatable bonds is 7. The van der Waals surface area contributed by atoms with Gasteiger partial charge in [0.1, 0.15) is 11.8 Å². The molecular formula is C12H19BrN2O2. The first-order valence-electron chi connectivity index (χ1n) is 5.93. The van der Waals surface area contributed by atoms with Gasteiger partial charge in [0.2, 0.25) is 5.78 Å². The standard InChI is InChI=1S/C12H19BrN2O2/c1-4-6-10(17-3)12(16)11-9(13)8-14-15(11)7-5-2/h8,10H,4-7H2,1-3H3. The van der Waals surface area contributed by atoms with E-state index in [4.69, 9.17) is 4.74 Å². The van der Waals surface area contributed by atoms with E-state index in [0.717, 1.165) is 30.3 Å². The molecule has 0 aliphatic heterocycles. The van der Waals surface area contributed by atoms with Gasteiger partial charge in [0.05, 0.1) is 10.7 Å². The second-order valence-corrected chi connectivity index (χ2v) is 4.80. The number of carbonyl (C=O) groups excluding carboxylic acids is 1. The second-order valence-electron chi connectivity index (χ2n) is 3.94. The summed E-state index contributed by atoms with van der Waals surface area (Å²) in [6, 6.07) is 0. The van der Waals surface area contributed by atoms with Crippen LogP contribution in [0.15, 0.2) is 10.7 Å². The van der Waals surface area contributed by atoms with E-state index in [1.165, 1.54) is 0 Å². The van der Waals surface area contributed by atoms with Gasteiger partial charge in [-0.3, -0.25) is 9.48 Å². The molecule has 1 aromatic heterocycles. The zero-order valence-corrected chi connectivity index (χ0v) is 12.2. The molecule has 0 spiro atoms. The number of halogens is 1. The molecule has 0 saturated carbocycles. The first-order valence-corrected chi connectivity index (χ1v) is 6.73. The zero-order valence-electron chi connectivity index (χ0n) is 10.6. The maximum atomic E-state index is 12.3. The number of aromatic nitrogens is 2. The van der Waals surface area contributed by atoms with E-state index in [2.05, 4.69) is 28.0 Å². The van der Waals surface area contributed by atoms with E-state index in [1.807, 2.05) is 6.92 Å². The summed E-state index contributed by atoms with van der Waals surface area (Å²) in [6.45, 7) is 4.84. The maximum Gasteiger partial charge on any atom is 0.210 e. The Labute approximate surface area is 110 Å². The Morgan fingerprint density at radius 3 is 2.76 bits per heavy atom. The molecule has 0 N–H and O–H groups in total. The first-order chi connectivity index (χ1) is 8.15. The van der Waals surface area contributed by atoms with Crippen molar-refractivity contribution < 1.29 is 9.53 Å². The van der Waals surface area contributed by atoms with Crippen LogP contribution in [0.1, 0.15) is 43.6 Å². The molecule has 0 aliphatic rings. The van der Waals surface area contributed by atoms with E-state index in [1.54, 1.807) is 18.0 Å². The van der Waals surface area contributed by atoms with Crippen molar-refractivity contribution in [3.63, 3.8) is 0 Å².